The van der Waals surface area contributed by atoms with Crippen molar-refractivity contribution in [1.82, 2.24) is 10.2 Å². The smallest absolute Gasteiger partial charge is 0.236 e. The highest BCUT2D eigenvalue weighted by Crippen LogP contribution is 2.49. The Kier molecular flexibility index (Phi) is 3.94. The topological polar surface area (TPSA) is 54.9 Å². The van der Waals surface area contributed by atoms with Crippen LogP contribution < -0.4 is 5.32 Å². The van der Waals surface area contributed by atoms with Crippen molar-refractivity contribution < 1.29 is 4.79 Å². The molecule has 2 aromatic carbocycles. The van der Waals surface area contributed by atoms with Gasteiger partial charge in [0, 0.05) is 10.0 Å². The predicted octanol–water partition coefficient (Wildman–Crippen LogP) is 4.64. The van der Waals surface area contributed by atoms with Crippen molar-refractivity contribution in [1.29, 1.82) is 0 Å². The summed E-state index contributed by atoms with van der Waals surface area (Å²) in [7, 11) is 0. The summed E-state index contributed by atoms with van der Waals surface area (Å²) in [5, 5.41) is 12.6. The minimum Gasteiger partial charge on any atom is -0.300 e. The molecule has 1 aliphatic rings. The van der Waals surface area contributed by atoms with E-state index in [1.54, 1.807) is 0 Å². The van der Waals surface area contributed by atoms with Crippen molar-refractivity contribution in [2.45, 2.75) is 18.3 Å². The van der Waals surface area contributed by atoms with E-state index in [2.05, 4.69) is 31.4 Å². The second-order valence-electron chi connectivity index (χ2n) is 5.82. The summed E-state index contributed by atoms with van der Waals surface area (Å²) < 4.78 is 0.987. The lowest BCUT2D eigenvalue weighted by atomic mass is 9.95. The molecule has 4 rings (SSSR count). The highest BCUT2D eigenvalue weighted by molar-refractivity contribution is 9.10. The number of carbonyl (C=O) groups excluding carboxylic acids is 1. The molecule has 0 aliphatic heterocycles. The monoisotopic (exact) mass is 399 g/mol. The number of nitrogens with zero attached hydrogens (tertiary/aromatic N) is 2. The summed E-state index contributed by atoms with van der Waals surface area (Å²) in [6.45, 7) is 0. The van der Waals surface area contributed by atoms with Gasteiger partial charge in [-0.1, -0.05) is 69.7 Å². The number of amides is 1. The Bertz CT molecular complexity index is 890. The lowest BCUT2D eigenvalue weighted by Crippen LogP contribution is -2.27. The molecular formula is C18H14BrN3OS. The SMILES string of the molecule is O=C(Nc1nnc(-c2ccccc2)s1)C1(c2cccc(Br)c2)CC1. The van der Waals surface area contributed by atoms with Crippen molar-refractivity contribution >= 4 is 38.3 Å². The van der Waals surface area contributed by atoms with Crippen LogP contribution in [0.4, 0.5) is 5.13 Å². The Morgan fingerprint density at radius 2 is 1.88 bits per heavy atom. The van der Waals surface area contributed by atoms with Gasteiger partial charge in [0.2, 0.25) is 11.0 Å². The predicted molar refractivity (Wildman–Crippen MR) is 99.0 cm³/mol. The lowest BCUT2D eigenvalue weighted by Gasteiger charge is -2.14. The fourth-order valence-corrected chi connectivity index (χ4v) is 3.89. The zero-order valence-electron chi connectivity index (χ0n) is 12.7. The van der Waals surface area contributed by atoms with Crippen molar-refractivity contribution in [2.24, 2.45) is 0 Å². The third kappa shape index (κ3) is 2.87. The van der Waals surface area contributed by atoms with E-state index >= 15 is 0 Å². The average Bonchev–Trinajstić information content (AvgIpc) is 3.30. The molecule has 4 nitrogen and oxygen atoms in total. The van der Waals surface area contributed by atoms with Crippen LogP contribution >= 0.6 is 27.3 Å². The minimum absolute atomic E-state index is 0.00337. The second-order valence-corrected chi connectivity index (χ2v) is 7.72. The van der Waals surface area contributed by atoms with E-state index in [1.165, 1.54) is 11.3 Å². The van der Waals surface area contributed by atoms with Gasteiger partial charge in [0.25, 0.3) is 0 Å². The summed E-state index contributed by atoms with van der Waals surface area (Å²) in [6.07, 6.45) is 1.72. The normalized spacial score (nSPS) is 15.0. The van der Waals surface area contributed by atoms with Crippen LogP contribution in [-0.4, -0.2) is 16.1 Å². The van der Waals surface area contributed by atoms with Crippen LogP contribution in [0.5, 0.6) is 0 Å². The maximum absolute atomic E-state index is 12.8. The highest BCUT2D eigenvalue weighted by atomic mass is 79.9. The summed E-state index contributed by atoms with van der Waals surface area (Å²) in [5.74, 6) is -0.00337. The van der Waals surface area contributed by atoms with E-state index < -0.39 is 5.41 Å². The fraction of sp³-hybridized carbons (Fsp3) is 0.167. The Balaban J connectivity index is 1.54. The quantitative estimate of drug-likeness (QED) is 0.694. The van der Waals surface area contributed by atoms with Crippen LogP contribution in [-0.2, 0) is 10.2 Å². The first kappa shape index (κ1) is 15.5. The van der Waals surface area contributed by atoms with Crippen LogP contribution in [0.3, 0.4) is 0 Å². The van der Waals surface area contributed by atoms with Crippen LogP contribution in [0.1, 0.15) is 18.4 Å². The van der Waals surface area contributed by atoms with Crippen molar-refractivity contribution in [3.8, 4) is 10.6 Å². The molecule has 0 saturated heterocycles. The van der Waals surface area contributed by atoms with Crippen molar-refractivity contribution in [3.05, 3.63) is 64.6 Å². The molecule has 1 heterocycles. The number of benzene rings is 2. The van der Waals surface area contributed by atoms with Gasteiger partial charge in [0.15, 0.2) is 0 Å². The van der Waals surface area contributed by atoms with E-state index in [0.717, 1.165) is 33.4 Å². The van der Waals surface area contributed by atoms with Gasteiger partial charge in [-0.05, 0) is 30.5 Å². The third-order valence-electron chi connectivity index (χ3n) is 4.23. The van der Waals surface area contributed by atoms with Gasteiger partial charge >= 0.3 is 0 Å². The van der Waals surface area contributed by atoms with E-state index in [4.69, 9.17) is 0 Å². The van der Waals surface area contributed by atoms with E-state index in [-0.39, 0.29) is 5.91 Å². The van der Waals surface area contributed by atoms with E-state index in [0.29, 0.717) is 5.13 Å². The van der Waals surface area contributed by atoms with Crippen LogP contribution in [0, 0.1) is 0 Å². The molecule has 1 saturated carbocycles. The molecule has 3 aromatic rings. The molecule has 1 aliphatic carbocycles. The molecule has 0 bridgehead atoms. The van der Waals surface area contributed by atoms with Gasteiger partial charge in [0.1, 0.15) is 5.01 Å². The van der Waals surface area contributed by atoms with E-state index in [9.17, 15) is 4.79 Å². The van der Waals surface area contributed by atoms with Crippen LogP contribution in [0.25, 0.3) is 10.6 Å². The first-order valence-corrected chi connectivity index (χ1v) is 9.25. The number of carbonyl (C=O) groups is 1. The van der Waals surface area contributed by atoms with Gasteiger partial charge in [-0.15, -0.1) is 10.2 Å². The molecule has 0 unspecified atom stereocenters. The Morgan fingerprint density at radius 1 is 1.08 bits per heavy atom. The number of aromatic nitrogens is 2. The molecule has 0 atom stereocenters. The average molecular weight is 400 g/mol. The minimum atomic E-state index is -0.428. The number of halogens is 1. The number of hydrogen-bond acceptors (Lipinski definition) is 4. The summed E-state index contributed by atoms with van der Waals surface area (Å²) >= 11 is 4.87. The summed E-state index contributed by atoms with van der Waals surface area (Å²) in [6, 6.07) is 17.8. The van der Waals surface area contributed by atoms with Gasteiger partial charge in [0.05, 0.1) is 5.41 Å². The summed E-state index contributed by atoms with van der Waals surface area (Å²) in [5.41, 5.74) is 1.62. The van der Waals surface area contributed by atoms with E-state index in [1.807, 2.05) is 54.6 Å². The van der Waals surface area contributed by atoms with Crippen LogP contribution in [0.15, 0.2) is 59.1 Å². The first-order chi connectivity index (χ1) is 11.7. The largest absolute Gasteiger partial charge is 0.300 e. The fourth-order valence-electron chi connectivity index (χ4n) is 2.75. The highest BCUT2D eigenvalue weighted by Gasteiger charge is 2.51. The second kappa shape index (κ2) is 6.11. The van der Waals surface area contributed by atoms with Crippen molar-refractivity contribution in [3.63, 3.8) is 0 Å². The number of nitrogens with one attached hydrogen (secondary N) is 1. The van der Waals surface area contributed by atoms with Crippen LogP contribution in [0.2, 0.25) is 0 Å². The zero-order chi connectivity index (χ0) is 16.6. The third-order valence-corrected chi connectivity index (χ3v) is 5.61. The Hall–Kier alpha value is -2.05. The Labute approximate surface area is 152 Å². The molecule has 1 N–H and O–H groups in total. The standard InChI is InChI=1S/C18H14BrN3OS/c19-14-8-4-7-13(11-14)18(9-10-18)16(23)20-17-22-21-15(24-17)12-5-2-1-3-6-12/h1-8,11H,9-10H2,(H,20,22,23). The molecule has 1 aromatic heterocycles. The first-order valence-electron chi connectivity index (χ1n) is 7.64. The molecule has 0 spiro atoms. The Morgan fingerprint density at radius 3 is 2.58 bits per heavy atom. The zero-order valence-corrected chi connectivity index (χ0v) is 15.1. The molecule has 6 heteroatoms. The number of hydrogen-bond donors (Lipinski definition) is 1. The van der Waals surface area contributed by atoms with Crippen molar-refractivity contribution in [2.75, 3.05) is 5.32 Å². The molecule has 1 fully saturated rings. The van der Waals surface area contributed by atoms with Gasteiger partial charge < -0.3 is 0 Å². The van der Waals surface area contributed by atoms with Gasteiger partial charge in [-0.2, -0.15) is 0 Å². The number of anilines is 1. The lowest BCUT2D eigenvalue weighted by molar-refractivity contribution is -0.118. The summed E-state index contributed by atoms with van der Waals surface area (Å²) in [4.78, 5) is 12.8. The molecule has 1 amide bonds. The van der Waals surface area contributed by atoms with Gasteiger partial charge in [-0.25, -0.2) is 0 Å². The molecule has 24 heavy (non-hydrogen) atoms. The molecule has 0 radical (unpaired) electrons. The molecular weight excluding hydrogens is 386 g/mol. The number of rotatable bonds is 4. The van der Waals surface area contributed by atoms with Gasteiger partial charge in [-0.3, -0.25) is 10.1 Å². The maximum Gasteiger partial charge on any atom is 0.236 e. The molecule has 120 valence electrons. The maximum atomic E-state index is 12.8.